The van der Waals surface area contributed by atoms with Crippen molar-refractivity contribution < 1.29 is 9.59 Å². The molecule has 1 aliphatic heterocycles. The lowest BCUT2D eigenvalue weighted by molar-refractivity contribution is -0.140. The highest BCUT2D eigenvalue weighted by Gasteiger charge is 2.34. The molecule has 1 N–H and O–H groups in total. The molecule has 0 aliphatic carbocycles. The Kier molecular flexibility index (Phi) is 2.42. The molecule has 66 valence electrons. The number of hydrogen-bond acceptors (Lipinski definition) is 3. The molecule has 1 atom stereocenters. The Labute approximate surface area is 75.9 Å². The van der Waals surface area contributed by atoms with Crippen LogP contribution in [0, 0.1) is 5.92 Å². The Morgan fingerprint density at radius 3 is 2.67 bits per heavy atom. The summed E-state index contributed by atoms with van der Waals surface area (Å²) in [7, 11) is 1.56. The van der Waals surface area contributed by atoms with Gasteiger partial charge in [0.2, 0.25) is 11.8 Å². The van der Waals surface area contributed by atoms with Crippen LogP contribution in [-0.2, 0) is 9.59 Å². The zero-order valence-corrected chi connectivity index (χ0v) is 7.77. The predicted molar refractivity (Wildman–Crippen MR) is 47.3 cm³/mol. The van der Waals surface area contributed by atoms with Gasteiger partial charge in [-0.05, 0) is 18.6 Å². The monoisotopic (exact) mass is 186 g/mol. The van der Waals surface area contributed by atoms with Crippen LogP contribution in [0.15, 0.2) is 0 Å². The molecule has 0 aromatic rings. The van der Waals surface area contributed by atoms with Gasteiger partial charge in [-0.3, -0.25) is 14.5 Å². The molecule has 0 aromatic carbocycles. The van der Waals surface area contributed by atoms with Crippen molar-refractivity contribution in [1.29, 1.82) is 0 Å². The smallest absolute Gasteiger partial charge is 0.241 e. The van der Waals surface area contributed by atoms with Gasteiger partial charge in [0.25, 0.3) is 0 Å². The summed E-state index contributed by atoms with van der Waals surface area (Å²) in [5.74, 6) is -1.07. The van der Waals surface area contributed by atoms with Crippen molar-refractivity contribution in [2.45, 2.75) is 13.3 Å². The highest BCUT2D eigenvalue weighted by molar-refractivity contribution is 7.80. The van der Waals surface area contributed by atoms with Gasteiger partial charge in [0, 0.05) is 7.05 Å². The minimum Gasteiger partial charge on any atom is -0.302 e. The first kappa shape index (κ1) is 9.12. The SMILES string of the molecule is CCC1C(=O)NC(=S)N(C)C1=O. The molecular formula is C7H10N2O2S. The van der Waals surface area contributed by atoms with Gasteiger partial charge in [-0.25, -0.2) is 0 Å². The third-order valence-corrected chi connectivity index (χ3v) is 2.26. The second kappa shape index (κ2) is 3.18. The standard InChI is InChI=1S/C7H10N2O2S/c1-3-4-5(10)8-7(12)9(2)6(4)11/h4H,3H2,1-2H3,(H,8,10,12). The number of carbonyl (C=O) groups is 2. The van der Waals surface area contributed by atoms with Crippen LogP contribution in [0.25, 0.3) is 0 Å². The zero-order valence-electron chi connectivity index (χ0n) is 6.96. The second-order valence-corrected chi connectivity index (χ2v) is 3.04. The highest BCUT2D eigenvalue weighted by Crippen LogP contribution is 2.11. The van der Waals surface area contributed by atoms with Gasteiger partial charge < -0.3 is 5.32 Å². The van der Waals surface area contributed by atoms with Crippen LogP contribution in [-0.4, -0.2) is 28.9 Å². The van der Waals surface area contributed by atoms with Crippen molar-refractivity contribution in [3.63, 3.8) is 0 Å². The summed E-state index contributed by atoms with van der Waals surface area (Å²) in [5, 5.41) is 2.65. The van der Waals surface area contributed by atoms with E-state index in [9.17, 15) is 9.59 Å². The van der Waals surface area contributed by atoms with E-state index in [2.05, 4.69) is 5.32 Å². The largest absolute Gasteiger partial charge is 0.302 e. The number of thiocarbonyl (C=S) groups is 1. The van der Waals surface area contributed by atoms with E-state index in [0.29, 0.717) is 6.42 Å². The van der Waals surface area contributed by atoms with Gasteiger partial charge in [0.05, 0.1) is 0 Å². The van der Waals surface area contributed by atoms with Crippen molar-refractivity contribution in [2.24, 2.45) is 5.92 Å². The van der Waals surface area contributed by atoms with Gasteiger partial charge in [-0.2, -0.15) is 0 Å². The van der Waals surface area contributed by atoms with E-state index in [4.69, 9.17) is 12.2 Å². The Morgan fingerprint density at radius 2 is 2.17 bits per heavy atom. The molecule has 0 radical (unpaired) electrons. The van der Waals surface area contributed by atoms with Crippen LogP contribution in [0.2, 0.25) is 0 Å². The fourth-order valence-corrected chi connectivity index (χ4v) is 1.27. The Morgan fingerprint density at radius 1 is 1.58 bits per heavy atom. The molecule has 1 saturated heterocycles. The number of amides is 2. The van der Waals surface area contributed by atoms with Gasteiger partial charge >= 0.3 is 0 Å². The van der Waals surface area contributed by atoms with Gasteiger partial charge in [-0.15, -0.1) is 0 Å². The minimum absolute atomic E-state index is 0.190. The summed E-state index contributed by atoms with van der Waals surface area (Å²) >= 11 is 4.76. The number of nitrogens with one attached hydrogen (secondary N) is 1. The average Bonchev–Trinajstić information content (AvgIpc) is 2.01. The molecule has 1 fully saturated rings. The minimum atomic E-state index is -0.568. The molecule has 12 heavy (non-hydrogen) atoms. The molecular weight excluding hydrogens is 176 g/mol. The number of hydrogen-bond donors (Lipinski definition) is 1. The summed E-state index contributed by atoms with van der Waals surface area (Å²) in [6.45, 7) is 1.80. The number of rotatable bonds is 1. The zero-order chi connectivity index (χ0) is 9.30. The van der Waals surface area contributed by atoms with Crippen LogP contribution in [0.4, 0.5) is 0 Å². The molecule has 2 amide bonds. The molecule has 1 aliphatic rings. The summed E-state index contributed by atoms with van der Waals surface area (Å²) in [5.41, 5.74) is 0. The first-order valence-electron chi connectivity index (χ1n) is 3.70. The first-order valence-corrected chi connectivity index (χ1v) is 4.11. The van der Waals surface area contributed by atoms with Crippen molar-refractivity contribution in [3.05, 3.63) is 0 Å². The van der Waals surface area contributed by atoms with Crippen molar-refractivity contribution >= 4 is 29.1 Å². The lowest BCUT2D eigenvalue weighted by Crippen LogP contribution is -2.55. The maximum atomic E-state index is 11.4. The summed E-state index contributed by atoms with van der Waals surface area (Å²) in [4.78, 5) is 23.8. The molecule has 1 rings (SSSR count). The van der Waals surface area contributed by atoms with Gasteiger partial charge in [0.1, 0.15) is 5.92 Å². The molecule has 5 heteroatoms. The van der Waals surface area contributed by atoms with Crippen molar-refractivity contribution in [1.82, 2.24) is 10.2 Å². The summed E-state index contributed by atoms with van der Waals surface area (Å²) in [6, 6.07) is 0. The molecule has 4 nitrogen and oxygen atoms in total. The average molecular weight is 186 g/mol. The molecule has 1 unspecified atom stereocenters. The maximum Gasteiger partial charge on any atom is 0.241 e. The van der Waals surface area contributed by atoms with E-state index in [-0.39, 0.29) is 16.9 Å². The lowest BCUT2D eigenvalue weighted by Gasteiger charge is -2.28. The van der Waals surface area contributed by atoms with E-state index in [1.165, 1.54) is 4.90 Å². The van der Waals surface area contributed by atoms with Crippen LogP contribution in [0.3, 0.4) is 0 Å². The number of carbonyl (C=O) groups excluding carboxylic acids is 2. The third kappa shape index (κ3) is 1.32. The van der Waals surface area contributed by atoms with Gasteiger partial charge in [0.15, 0.2) is 5.11 Å². The Balaban J connectivity index is 2.86. The maximum absolute atomic E-state index is 11.4. The quantitative estimate of drug-likeness (QED) is 0.459. The summed E-state index contributed by atoms with van der Waals surface area (Å²) < 4.78 is 0. The van der Waals surface area contributed by atoms with E-state index >= 15 is 0 Å². The highest BCUT2D eigenvalue weighted by atomic mass is 32.1. The fraction of sp³-hybridized carbons (Fsp3) is 0.571. The Hall–Kier alpha value is -0.970. The normalized spacial score (nSPS) is 24.3. The van der Waals surface area contributed by atoms with Crippen LogP contribution in [0.5, 0.6) is 0 Å². The van der Waals surface area contributed by atoms with Crippen molar-refractivity contribution in [2.75, 3.05) is 7.05 Å². The Bertz CT molecular complexity index is 252. The summed E-state index contributed by atoms with van der Waals surface area (Å²) in [6.07, 6.45) is 0.512. The van der Waals surface area contributed by atoms with Crippen molar-refractivity contribution in [3.8, 4) is 0 Å². The molecule has 1 heterocycles. The first-order chi connectivity index (χ1) is 5.57. The molecule has 0 bridgehead atoms. The fourth-order valence-electron chi connectivity index (χ4n) is 1.08. The van der Waals surface area contributed by atoms with E-state index in [0.717, 1.165) is 0 Å². The van der Waals surface area contributed by atoms with Crippen LogP contribution in [0.1, 0.15) is 13.3 Å². The molecule has 0 saturated carbocycles. The predicted octanol–water partition coefficient (Wildman–Crippen LogP) is -0.114. The van der Waals surface area contributed by atoms with E-state index < -0.39 is 5.92 Å². The van der Waals surface area contributed by atoms with Crippen LogP contribution < -0.4 is 5.32 Å². The van der Waals surface area contributed by atoms with Gasteiger partial charge in [-0.1, -0.05) is 6.92 Å². The van der Waals surface area contributed by atoms with Crippen LogP contribution >= 0.6 is 12.2 Å². The topological polar surface area (TPSA) is 49.4 Å². The second-order valence-electron chi connectivity index (χ2n) is 2.65. The third-order valence-electron chi connectivity index (χ3n) is 1.89. The van der Waals surface area contributed by atoms with E-state index in [1.807, 2.05) is 0 Å². The number of nitrogens with zero attached hydrogens (tertiary/aromatic N) is 1. The molecule has 0 aromatic heterocycles. The van der Waals surface area contributed by atoms with E-state index in [1.54, 1.807) is 14.0 Å². The lowest BCUT2D eigenvalue weighted by atomic mass is 10.0. The molecule has 0 spiro atoms.